The Morgan fingerprint density at radius 2 is 1.76 bits per heavy atom. The summed E-state index contributed by atoms with van der Waals surface area (Å²) in [7, 11) is 3.72. The van der Waals surface area contributed by atoms with E-state index in [1.165, 1.54) is 0 Å². The molecule has 9 heteroatoms. The zero-order chi connectivity index (χ0) is 23.5. The Morgan fingerprint density at radius 3 is 2.59 bits per heavy atom. The zero-order valence-electron chi connectivity index (χ0n) is 19.1. The van der Waals surface area contributed by atoms with Crippen molar-refractivity contribution in [1.29, 1.82) is 0 Å². The van der Waals surface area contributed by atoms with Gasteiger partial charge in [-0.1, -0.05) is 0 Å². The molecule has 0 aromatic carbocycles. The molecule has 0 atom stereocenters. The van der Waals surface area contributed by atoms with Crippen LogP contribution in [0.2, 0.25) is 0 Å². The van der Waals surface area contributed by atoms with Crippen LogP contribution in [-0.4, -0.2) is 71.1 Å². The van der Waals surface area contributed by atoms with Crippen molar-refractivity contribution in [2.45, 2.75) is 0 Å². The lowest BCUT2D eigenvalue weighted by molar-refractivity contribution is 0.102. The van der Waals surface area contributed by atoms with Crippen LogP contribution in [0.25, 0.3) is 22.0 Å². The lowest BCUT2D eigenvalue weighted by atomic mass is 10.1. The number of likely N-dealkylation sites (N-methyl/N-ethyl adjacent to an activating group) is 1. The SMILES string of the molecule is COc1cncc(-c2cnc3cnc(NC(=O)c4ccnc(N5CCN(C)CC5)c4)cc3c2)c1. The van der Waals surface area contributed by atoms with Crippen molar-refractivity contribution in [3.05, 3.63) is 66.9 Å². The zero-order valence-corrected chi connectivity index (χ0v) is 19.1. The molecule has 34 heavy (non-hydrogen) atoms. The van der Waals surface area contributed by atoms with Crippen LogP contribution >= 0.6 is 0 Å². The smallest absolute Gasteiger partial charge is 0.257 e. The van der Waals surface area contributed by atoms with E-state index in [9.17, 15) is 4.79 Å². The van der Waals surface area contributed by atoms with Gasteiger partial charge in [-0.2, -0.15) is 0 Å². The first-order chi connectivity index (χ1) is 16.6. The summed E-state index contributed by atoms with van der Waals surface area (Å²) in [5.74, 6) is 1.71. The second-order valence-electron chi connectivity index (χ2n) is 8.25. The number of piperazine rings is 1. The summed E-state index contributed by atoms with van der Waals surface area (Å²) in [5, 5.41) is 3.76. The Balaban J connectivity index is 1.36. The fourth-order valence-electron chi connectivity index (χ4n) is 3.90. The van der Waals surface area contributed by atoms with Crippen LogP contribution in [0.4, 0.5) is 11.6 Å². The summed E-state index contributed by atoms with van der Waals surface area (Å²) in [6.45, 7) is 3.72. The molecular formula is C25H25N7O2. The average molecular weight is 456 g/mol. The minimum Gasteiger partial charge on any atom is -0.495 e. The van der Waals surface area contributed by atoms with Crippen LogP contribution in [0.1, 0.15) is 10.4 Å². The van der Waals surface area contributed by atoms with E-state index in [2.05, 4.69) is 42.1 Å². The van der Waals surface area contributed by atoms with Crippen molar-refractivity contribution in [3.63, 3.8) is 0 Å². The molecule has 5 rings (SSSR count). The van der Waals surface area contributed by atoms with E-state index < -0.39 is 0 Å². The van der Waals surface area contributed by atoms with Crippen LogP contribution < -0.4 is 15.0 Å². The molecule has 1 saturated heterocycles. The van der Waals surface area contributed by atoms with Crippen molar-refractivity contribution >= 4 is 28.4 Å². The van der Waals surface area contributed by atoms with Gasteiger partial charge in [0.25, 0.3) is 5.91 Å². The predicted octanol–water partition coefficient (Wildman–Crippen LogP) is 3.10. The van der Waals surface area contributed by atoms with E-state index >= 15 is 0 Å². The minimum atomic E-state index is -0.231. The maximum atomic E-state index is 13.0. The minimum absolute atomic E-state index is 0.231. The molecule has 0 spiro atoms. The molecule has 172 valence electrons. The molecule has 0 saturated carbocycles. The van der Waals surface area contributed by atoms with Gasteiger partial charge in [0, 0.05) is 66.8 Å². The Hall–Kier alpha value is -4.11. The summed E-state index contributed by atoms with van der Waals surface area (Å²) < 4.78 is 5.27. The number of rotatable bonds is 5. The third kappa shape index (κ3) is 4.65. The molecule has 0 radical (unpaired) electrons. The number of amides is 1. The molecule has 1 amide bonds. The van der Waals surface area contributed by atoms with Gasteiger partial charge in [0.05, 0.1) is 25.0 Å². The molecule has 9 nitrogen and oxygen atoms in total. The largest absolute Gasteiger partial charge is 0.495 e. The topological polar surface area (TPSA) is 96.4 Å². The molecule has 0 aliphatic carbocycles. The maximum Gasteiger partial charge on any atom is 0.257 e. The summed E-state index contributed by atoms with van der Waals surface area (Å²) in [6.07, 6.45) is 8.52. The van der Waals surface area contributed by atoms with Crippen LogP contribution in [0, 0.1) is 0 Å². The highest BCUT2D eigenvalue weighted by atomic mass is 16.5. The van der Waals surface area contributed by atoms with Gasteiger partial charge in [-0.25, -0.2) is 9.97 Å². The summed E-state index contributed by atoms with van der Waals surface area (Å²) in [6, 6.07) is 9.26. The van der Waals surface area contributed by atoms with Gasteiger partial charge in [0.2, 0.25) is 0 Å². The molecule has 1 aliphatic heterocycles. The average Bonchev–Trinajstić information content (AvgIpc) is 2.89. The second kappa shape index (κ2) is 9.40. The lowest BCUT2D eigenvalue weighted by Crippen LogP contribution is -2.44. The number of methoxy groups -OCH3 is 1. The number of aromatic nitrogens is 4. The number of ether oxygens (including phenoxy) is 1. The van der Waals surface area contributed by atoms with Crippen LogP contribution in [-0.2, 0) is 0 Å². The molecule has 4 aromatic rings. The number of fused-ring (bicyclic) bond motifs is 1. The van der Waals surface area contributed by atoms with Gasteiger partial charge < -0.3 is 19.9 Å². The molecular weight excluding hydrogens is 430 g/mol. The number of carbonyl (C=O) groups is 1. The van der Waals surface area contributed by atoms with E-state index in [4.69, 9.17) is 4.74 Å². The van der Waals surface area contributed by atoms with Crippen molar-refractivity contribution in [1.82, 2.24) is 24.8 Å². The van der Waals surface area contributed by atoms with Crippen molar-refractivity contribution in [2.75, 3.05) is 50.6 Å². The highest BCUT2D eigenvalue weighted by molar-refractivity contribution is 6.04. The molecule has 1 fully saturated rings. The first-order valence-corrected chi connectivity index (χ1v) is 11.1. The fourth-order valence-corrected chi connectivity index (χ4v) is 3.90. The Bertz CT molecular complexity index is 1340. The fraction of sp³-hybridized carbons (Fsp3) is 0.240. The molecule has 0 bridgehead atoms. The van der Waals surface area contributed by atoms with Crippen LogP contribution in [0.15, 0.2) is 61.3 Å². The van der Waals surface area contributed by atoms with Crippen LogP contribution in [0.5, 0.6) is 5.75 Å². The third-order valence-electron chi connectivity index (χ3n) is 5.93. The van der Waals surface area contributed by atoms with Gasteiger partial charge in [-0.05, 0) is 37.4 Å². The maximum absolute atomic E-state index is 13.0. The van der Waals surface area contributed by atoms with Gasteiger partial charge in [0.15, 0.2) is 0 Å². The van der Waals surface area contributed by atoms with E-state index in [1.54, 1.807) is 44.2 Å². The van der Waals surface area contributed by atoms with E-state index in [0.29, 0.717) is 17.1 Å². The molecule has 1 aliphatic rings. The van der Waals surface area contributed by atoms with E-state index in [0.717, 1.165) is 54.0 Å². The van der Waals surface area contributed by atoms with Gasteiger partial charge in [-0.15, -0.1) is 0 Å². The van der Waals surface area contributed by atoms with Crippen molar-refractivity contribution < 1.29 is 9.53 Å². The Kier molecular flexibility index (Phi) is 6.01. The Labute approximate surface area is 197 Å². The number of carbonyl (C=O) groups excluding carboxylic acids is 1. The van der Waals surface area contributed by atoms with Crippen molar-refractivity contribution in [2.24, 2.45) is 0 Å². The standard InChI is InChI=1S/C25H25N7O2/c1-31-5-7-32(8-6-31)24-12-17(3-4-27-24)25(33)30-23-11-18-9-19(14-28-22(18)16-29-23)20-10-21(34-2)15-26-13-20/h3-4,9-16H,5-8H2,1-2H3,(H,29,30,33). The molecule has 0 unspecified atom stereocenters. The molecule has 5 heterocycles. The highest BCUT2D eigenvalue weighted by Crippen LogP contribution is 2.26. The van der Waals surface area contributed by atoms with Gasteiger partial charge in [0.1, 0.15) is 17.4 Å². The number of pyridine rings is 4. The summed E-state index contributed by atoms with van der Waals surface area (Å²) in [4.78, 5) is 35.0. The van der Waals surface area contributed by atoms with Crippen LogP contribution in [0.3, 0.4) is 0 Å². The summed E-state index contributed by atoms with van der Waals surface area (Å²) in [5.41, 5.74) is 3.07. The number of nitrogens with zero attached hydrogens (tertiary/aromatic N) is 6. The predicted molar refractivity (Wildman–Crippen MR) is 131 cm³/mol. The van der Waals surface area contributed by atoms with Crippen molar-refractivity contribution in [3.8, 4) is 16.9 Å². The molecule has 4 aromatic heterocycles. The first kappa shape index (κ1) is 21.7. The lowest BCUT2D eigenvalue weighted by Gasteiger charge is -2.33. The molecule has 1 N–H and O–H groups in total. The number of nitrogens with one attached hydrogen (secondary N) is 1. The third-order valence-corrected chi connectivity index (χ3v) is 5.93. The van der Waals surface area contributed by atoms with E-state index in [1.807, 2.05) is 24.3 Å². The first-order valence-electron chi connectivity index (χ1n) is 11.1. The van der Waals surface area contributed by atoms with Gasteiger partial charge >= 0.3 is 0 Å². The van der Waals surface area contributed by atoms with E-state index in [-0.39, 0.29) is 5.91 Å². The monoisotopic (exact) mass is 455 g/mol. The second-order valence-corrected chi connectivity index (χ2v) is 8.25. The highest BCUT2D eigenvalue weighted by Gasteiger charge is 2.17. The number of hydrogen-bond acceptors (Lipinski definition) is 8. The summed E-state index contributed by atoms with van der Waals surface area (Å²) >= 11 is 0. The number of anilines is 2. The Morgan fingerprint density at radius 1 is 0.941 bits per heavy atom. The normalized spacial score (nSPS) is 14.2. The van der Waals surface area contributed by atoms with Gasteiger partial charge in [-0.3, -0.25) is 14.8 Å². The number of hydrogen-bond donors (Lipinski definition) is 1. The quantitative estimate of drug-likeness (QED) is 0.490.